The number of rotatable bonds is 2. The van der Waals surface area contributed by atoms with Crippen LogP contribution in [0.1, 0.15) is 10.4 Å². The molecule has 6 heteroatoms. The first kappa shape index (κ1) is 13.4. The first-order valence-corrected chi connectivity index (χ1v) is 6.18. The van der Waals surface area contributed by atoms with Gasteiger partial charge in [0, 0.05) is 6.07 Å². The predicted octanol–water partition coefficient (Wildman–Crippen LogP) is 3.10. The van der Waals surface area contributed by atoms with Gasteiger partial charge in [-0.25, -0.2) is 13.6 Å². The van der Waals surface area contributed by atoms with Crippen LogP contribution in [0.25, 0.3) is 11.1 Å². The molecule has 0 bridgehead atoms. The molecule has 0 aromatic heterocycles. The summed E-state index contributed by atoms with van der Waals surface area (Å²) in [5.74, 6) is -2.29. The molecule has 0 spiro atoms. The van der Waals surface area contributed by atoms with Gasteiger partial charge in [0.05, 0.1) is 0 Å². The molecule has 0 aliphatic carbocycles. The molecule has 2 aromatic rings. The topological polar surface area (TPSA) is 55.8 Å². The molecule has 0 atom stereocenters. The average molecular weight is 292 g/mol. The van der Waals surface area contributed by atoms with Crippen LogP contribution in [0.15, 0.2) is 30.3 Å². The third kappa shape index (κ3) is 2.52. The van der Waals surface area contributed by atoms with E-state index in [1.807, 2.05) is 0 Å². The zero-order valence-corrected chi connectivity index (χ0v) is 10.7. The second-order valence-electron chi connectivity index (χ2n) is 4.51. The molecule has 108 valence electrons. The molecular weight excluding hydrogens is 282 g/mol. The van der Waals surface area contributed by atoms with E-state index in [4.69, 9.17) is 9.47 Å². The molecule has 0 radical (unpaired) electrons. The van der Waals surface area contributed by atoms with Crippen molar-refractivity contribution in [3.05, 3.63) is 47.5 Å². The van der Waals surface area contributed by atoms with Gasteiger partial charge in [-0.3, -0.25) is 0 Å². The van der Waals surface area contributed by atoms with Crippen molar-refractivity contribution >= 4 is 5.97 Å². The smallest absolute Gasteiger partial charge is 0.339 e. The highest BCUT2D eigenvalue weighted by atomic mass is 19.1. The number of benzene rings is 2. The molecular formula is C15H10F2O4. The number of fused-ring (bicyclic) bond motifs is 1. The number of hydrogen-bond donors (Lipinski definition) is 1. The number of hydrogen-bond acceptors (Lipinski definition) is 3. The Morgan fingerprint density at radius 1 is 0.952 bits per heavy atom. The maximum absolute atomic E-state index is 13.3. The quantitative estimate of drug-likeness (QED) is 0.924. The summed E-state index contributed by atoms with van der Waals surface area (Å²) in [5, 5.41) is 9.24. The fraction of sp³-hybridized carbons (Fsp3) is 0.133. The first-order valence-electron chi connectivity index (χ1n) is 6.18. The van der Waals surface area contributed by atoms with Gasteiger partial charge in [0.1, 0.15) is 30.4 Å². The lowest BCUT2D eigenvalue weighted by Gasteiger charge is -2.21. The van der Waals surface area contributed by atoms with Gasteiger partial charge in [-0.15, -0.1) is 0 Å². The number of aromatic carboxylic acids is 1. The molecule has 0 saturated carbocycles. The third-order valence-corrected chi connectivity index (χ3v) is 3.07. The Morgan fingerprint density at radius 3 is 2.24 bits per heavy atom. The number of carboxylic acid groups (broad SMARTS) is 1. The van der Waals surface area contributed by atoms with Crippen molar-refractivity contribution in [2.24, 2.45) is 0 Å². The van der Waals surface area contributed by atoms with E-state index in [2.05, 4.69) is 0 Å². The molecule has 4 nitrogen and oxygen atoms in total. The van der Waals surface area contributed by atoms with E-state index < -0.39 is 17.6 Å². The molecule has 21 heavy (non-hydrogen) atoms. The second-order valence-corrected chi connectivity index (χ2v) is 4.51. The molecule has 1 heterocycles. The van der Waals surface area contributed by atoms with E-state index in [1.54, 1.807) is 0 Å². The van der Waals surface area contributed by atoms with Crippen molar-refractivity contribution < 1.29 is 28.2 Å². The Hall–Kier alpha value is -2.63. The summed E-state index contributed by atoms with van der Waals surface area (Å²) in [4.78, 5) is 11.3. The number of halogens is 2. The zero-order chi connectivity index (χ0) is 15.0. The SMILES string of the molecule is O=C(O)c1cc(-c2cc(F)cc(F)c2)cc2c1OCCO2. The summed E-state index contributed by atoms with van der Waals surface area (Å²) in [6, 6.07) is 5.82. The fourth-order valence-electron chi connectivity index (χ4n) is 2.20. The summed E-state index contributed by atoms with van der Waals surface area (Å²) in [7, 11) is 0. The van der Waals surface area contributed by atoms with Crippen molar-refractivity contribution in [3.8, 4) is 22.6 Å². The minimum absolute atomic E-state index is 0.105. The summed E-state index contributed by atoms with van der Waals surface area (Å²) in [6.45, 7) is 0.536. The van der Waals surface area contributed by atoms with Gasteiger partial charge < -0.3 is 14.6 Å². The maximum atomic E-state index is 13.3. The molecule has 2 aromatic carbocycles. The Labute approximate surface area is 118 Å². The van der Waals surface area contributed by atoms with Crippen LogP contribution in [0.5, 0.6) is 11.5 Å². The Bertz CT molecular complexity index is 708. The predicted molar refractivity (Wildman–Crippen MR) is 69.7 cm³/mol. The molecule has 1 aliphatic heterocycles. The lowest BCUT2D eigenvalue weighted by Crippen LogP contribution is -2.18. The maximum Gasteiger partial charge on any atom is 0.339 e. The minimum Gasteiger partial charge on any atom is -0.486 e. The van der Waals surface area contributed by atoms with Crippen LogP contribution in [-0.4, -0.2) is 24.3 Å². The van der Waals surface area contributed by atoms with Crippen LogP contribution >= 0.6 is 0 Å². The van der Waals surface area contributed by atoms with Crippen LogP contribution in [0.2, 0.25) is 0 Å². The molecule has 1 aliphatic rings. The highest BCUT2D eigenvalue weighted by Crippen LogP contribution is 2.38. The van der Waals surface area contributed by atoms with E-state index in [9.17, 15) is 18.7 Å². The van der Waals surface area contributed by atoms with Gasteiger partial charge in [-0.2, -0.15) is 0 Å². The van der Waals surface area contributed by atoms with Crippen molar-refractivity contribution in [2.45, 2.75) is 0 Å². The van der Waals surface area contributed by atoms with E-state index >= 15 is 0 Å². The van der Waals surface area contributed by atoms with E-state index in [0.29, 0.717) is 5.56 Å². The Morgan fingerprint density at radius 2 is 1.57 bits per heavy atom. The number of ether oxygens (including phenoxy) is 2. The average Bonchev–Trinajstić information content (AvgIpc) is 2.45. The summed E-state index contributed by atoms with van der Waals surface area (Å²) >= 11 is 0. The van der Waals surface area contributed by atoms with Gasteiger partial charge >= 0.3 is 5.97 Å². The molecule has 3 rings (SSSR count). The van der Waals surface area contributed by atoms with Crippen LogP contribution in [-0.2, 0) is 0 Å². The van der Waals surface area contributed by atoms with E-state index in [-0.39, 0.29) is 35.8 Å². The van der Waals surface area contributed by atoms with Gasteiger partial charge in [-0.05, 0) is 35.4 Å². The van der Waals surface area contributed by atoms with Gasteiger partial charge in [0.15, 0.2) is 11.5 Å². The largest absolute Gasteiger partial charge is 0.486 e. The lowest BCUT2D eigenvalue weighted by atomic mass is 10.0. The van der Waals surface area contributed by atoms with E-state index in [1.165, 1.54) is 12.1 Å². The second kappa shape index (κ2) is 5.05. The molecule has 1 N–H and O–H groups in total. The third-order valence-electron chi connectivity index (χ3n) is 3.07. The van der Waals surface area contributed by atoms with Gasteiger partial charge in [0.2, 0.25) is 0 Å². The molecule has 0 saturated heterocycles. The highest BCUT2D eigenvalue weighted by Gasteiger charge is 2.22. The number of carbonyl (C=O) groups is 1. The number of carboxylic acids is 1. The summed E-state index contributed by atoms with van der Waals surface area (Å²) in [6.07, 6.45) is 0. The Balaban J connectivity index is 2.19. The van der Waals surface area contributed by atoms with Crippen LogP contribution in [0, 0.1) is 11.6 Å². The minimum atomic E-state index is -1.20. The van der Waals surface area contributed by atoms with Crippen molar-refractivity contribution in [3.63, 3.8) is 0 Å². The standard InChI is InChI=1S/C15H10F2O4/c16-10-3-8(4-11(17)7-10)9-5-12(15(18)19)14-13(6-9)20-1-2-21-14/h3-7H,1-2H2,(H,18,19). The van der Waals surface area contributed by atoms with Crippen molar-refractivity contribution in [1.82, 2.24) is 0 Å². The summed E-state index contributed by atoms with van der Waals surface area (Å²) < 4.78 is 37.3. The van der Waals surface area contributed by atoms with Gasteiger partial charge in [-0.1, -0.05) is 0 Å². The van der Waals surface area contributed by atoms with Crippen LogP contribution in [0.3, 0.4) is 0 Å². The molecule has 0 unspecified atom stereocenters. The fourth-order valence-corrected chi connectivity index (χ4v) is 2.20. The first-order chi connectivity index (χ1) is 10.0. The lowest BCUT2D eigenvalue weighted by molar-refractivity contribution is 0.0686. The molecule has 0 fully saturated rings. The monoisotopic (exact) mass is 292 g/mol. The Kier molecular flexibility index (Phi) is 3.21. The normalized spacial score (nSPS) is 13.0. The van der Waals surface area contributed by atoms with Crippen LogP contribution in [0.4, 0.5) is 8.78 Å². The van der Waals surface area contributed by atoms with Crippen molar-refractivity contribution in [1.29, 1.82) is 0 Å². The van der Waals surface area contributed by atoms with Crippen molar-refractivity contribution in [2.75, 3.05) is 13.2 Å². The van der Waals surface area contributed by atoms with E-state index in [0.717, 1.165) is 18.2 Å². The highest BCUT2D eigenvalue weighted by molar-refractivity contribution is 5.94. The molecule has 0 amide bonds. The van der Waals surface area contributed by atoms with Crippen LogP contribution < -0.4 is 9.47 Å². The summed E-state index contributed by atoms with van der Waals surface area (Å²) in [5.41, 5.74) is 0.467. The van der Waals surface area contributed by atoms with Gasteiger partial charge in [0.25, 0.3) is 0 Å². The zero-order valence-electron chi connectivity index (χ0n) is 10.7.